The normalized spacial score (nSPS) is 9.33. The molecule has 0 saturated heterocycles. The molecule has 0 fully saturated rings. The average Bonchev–Trinajstić information content (AvgIpc) is 2.16. The molecule has 1 aromatic carbocycles. The number of nitrogen functional groups attached to an aromatic ring is 1. The molecule has 0 spiro atoms. The SMILES string of the molecule is CC(=O)c1ccc(N)c(C#N)c1[N+](=O)[O-]. The Balaban J connectivity index is 3.66. The quantitative estimate of drug-likeness (QED) is 0.338. The molecule has 76 valence electrons. The van der Waals surface area contributed by atoms with Crippen LogP contribution < -0.4 is 5.73 Å². The molecular formula is C9H7N3O3. The zero-order chi connectivity index (χ0) is 11.6. The van der Waals surface area contributed by atoms with Crippen LogP contribution in [0.15, 0.2) is 12.1 Å². The number of carbonyl (C=O) groups is 1. The maximum Gasteiger partial charge on any atom is 0.299 e. The van der Waals surface area contributed by atoms with Gasteiger partial charge in [0.15, 0.2) is 11.3 Å². The largest absolute Gasteiger partial charge is 0.397 e. The van der Waals surface area contributed by atoms with E-state index in [0.29, 0.717) is 0 Å². The first-order valence-electron chi connectivity index (χ1n) is 3.97. The van der Waals surface area contributed by atoms with E-state index >= 15 is 0 Å². The number of ketones is 1. The van der Waals surface area contributed by atoms with Crippen LogP contribution in [-0.4, -0.2) is 10.7 Å². The third kappa shape index (κ3) is 1.76. The summed E-state index contributed by atoms with van der Waals surface area (Å²) in [6.07, 6.45) is 0. The van der Waals surface area contributed by atoms with E-state index in [1.807, 2.05) is 0 Å². The number of nitrogens with two attached hydrogens (primary N) is 1. The molecule has 0 saturated carbocycles. The average molecular weight is 205 g/mol. The molecule has 0 aliphatic heterocycles. The Hall–Kier alpha value is -2.42. The van der Waals surface area contributed by atoms with Crippen molar-refractivity contribution in [1.82, 2.24) is 0 Å². The summed E-state index contributed by atoms with van der Waals surface area (Å²) in [4.78, 5) is 21.0. The van der Waals surface area contributed by atoms with Crippen molar-refractivity contribution < 1.29 is 9.72 Å². The van der Waals surface area contributed by atoms with E-state index < -0.39 is 16.4 Å². The Kier molecular flexibility index (Phi) is 2.67. The monoisotopic (exact) mass is 205 g/mol. The molecule has 0 amide bonds. The third-order valence-electron chi connectivity index (χ3n) is 1.88. The number of rotatable bonds is 2. The second kappa shape index (κ2) is 3.75. The lowest BCUT2D eigenvalue weighted by atomic mass is 10.0. The van der Waals surface area contributed by atoms with Gasteiger partial charge in [0.2, 0.25) is 0 Å². The molecule has 6 nitrogen and oxygen atoms in total. The van der Waals surface area contributed by atoms with Gasteiger partial charge < -0.3 is 5.73 Å². The zero-order valence-corrected chi connectivity index (χ0v) is 7.85. The molecule has 0 bridgehead atoms. The fraction of sp³-hybridized carbons (Fsp3) is 0.111. The number of hydrogen-bond donors (Lipinski definition) is 1. The van der Waals surface area contributed by atoms with Gasteiger partial charge in [-0.05, 0) is 19.1 Å². The first kappa shape index (κ1) is 10.7. The fourth-order valence-electron chi connectivity index (χ4n) is 1.20. The molecule has 0 aliphatic carbocycles. The second-order valence-electron chi connectivity index (χ2n) is 2.85. The van der Waals surface area contributed by atoms with Gasteiger partial charge in [-0.15, -0.1) is 0 Å². The Labute approximate surface area is 85.1 Å². The van der Waals surface area contributed by atoms with Crippen LogP contribution in [0.5, 0.6) is 0 Å². The maximum absolute atomic E-state index is 11.1. The van der Waals surface area contributed by atoms with Gasteiger partial charge in [-0.3, -0.25) is 14.9 Å². The smallest absolute Gasteiger partial charge is 0.299 e. The van der Waals surface area contributed by atoms with Crippen molar-refractivity contribution in [2.45, 2.75) is 6.92 Å². The first-order chi connectivity index (χ1) is 6.99. The van der Waals surface area contributed by atoms with E-state index in [9.17, 15) is 14.9 Å². The lowest BCUT2D eigenvalue weighted by molar-refractivity contribution is -0.385. The standard InChI is InChI=1S/C9H7N3O3/c1-5(13)6-2-3-8(11)7(4-10)9(6)12(14)15/h2-3H,11H2,1H3. The third-order valence-corrected chi connectivity index (χ3v) is 1.88. The van der Waals surface area contributed by atoms with E-state index in [1.54, 1.807) is 6.07 Å². The molecule has 1 rings (SSSR count). The van der Waals surface area contributed by atoms with Crippen LogP contribution in [0.25, 0.3) is 0 Å². The van der Waals surface area contributed by atoms with Crippen LogP contribution in [0.1, 0.15) is 22.8 Å². The van der Waals surface area contributed by atoms with Crippen LogP contribution >= 0.6 is 0 Å². The van der Waals surface area contributed by atoms with Gasteiger partial charge in [0.05, 0.1) is 16.2 Å². The van der Waals surface area contributed by atoms with Gasteiger partial charge >= 0.3 is 0 Å². The summed E-state index contributed by atoms with van der Waals surface area (Å²) < 4.78 is 0. The van der Waals surface area contributed by atoms with Gasteiger partial charge in [0.25, 0.3) is 5.69 Å². The highest BCUT2D eigenvalue weighted by molar-refractivity contribution is 6.00. The highest BCUT2D eigenvalue weighted by Crippen LogP contribution is 2.28. The van der Waals surface area contributed by atoms with Crippen molar-refractivity contribution in [3.63, 3.8) is 0 Å². The minimum absolute atomic E-state index is 0.00537. The summed E-state index contributed by atoms with van der Waals surface area (Å²) in [6.45, 7) is 1.19. The minimum atomic E-state index is -0.772. The molecule has 0 aromatic heterocycles. The summed E-state index contributed by atoms with van der Waals surface area (Å²) in [7, 11) is 0. The van der Waals surface area contributed by atoms with Gasteiger partial charge in [-0.2, -0.15) is 5.26 Å². The fourth-order valence-corrected chi connectivity index (χ4v) is 1.20. The molecule has 15 heavy (non-hydrogen) atoms. The first-order valence-corrected chi connectivity index (χ1v) is 3.97. The van der Waals surface area contributed by atoms with Crippen molar-refractivity contribution in [2.24, 2.45) is 0 Å². The summed E-state index contributed by atoms with van der Waals surface area (Å²) >= 11 is 0. The van der Waals surface area contributed by atoms with Gasteiger partial charge in [0.1, 0.15) is 6.07 Å². The van der Waals surface area contributed by atoms with Crippen LogP contribution in [0.3, 0.4) is 0 Å². The zero-order valence-electron chi connectivity index (χ0n) is 7.85. The second-order valence-corrected chi connectivity index (χ2v) is 2.85. The molecule has 0 atom stereocenters. The van der Waals surface area contributed by atoms with Crippen molar-refractivity contribution in [1.29, 1.82) is 5.26 Å². The molecule has 1 aromatic rings. The molecule has 6 heteroatoms. The number of benzene rings is 1. The number of anilines is 1. The van der Waals surface area contributed by atoms with E-state index in [4.69, 9.17) is 11.0 Å². The number of nitriles is 1. The van der Waals surface area contributed by atoms with Crippen molar-refractivity contribution in [2.75, 3.05) is 5.73 Å². The number of Topliss-reactive ketones (excluding diaryl/α,β-unsaturated/α-hetero) is 1. The van der Waals surface area contributed by atoms with Gasteiger partial charge in [-0.25, -0.2) is 0 Å². The van der Waals surface area contributed by atoms with Crippen LogP contribution in [0.2, 0.25) is 0 Å². The number of nitro benzene ring substituents is 1. The summed E-state index contributed by atoms with van der Waals surface area (Å²) in [5.74, 6) is -0.474. The summed E-state index contributed by atoms with van der Waals surface area (Å²) in [5, 5.41) is 19.4. The lowest BCUT2D eigenvalue weighted by Gasteiger charge is -2.02. The van der Waals surface area contributed by atoms with E-state index in [2.05, 4.69) is 0 Å². The molecule has 0 radical (unpaired) electrons. The maximum atomic E-state index is 11.1. The van der Waals surface area contributed by atoms with Crippen LogP contribution in [0.4, 0.5) is 11.4 Å². The van der Waals surface area contributed by atoms with E-state index in [0.717, 1.165) is 0 Å². The van der Waals surface area contributed by atoms with Crippen molar-refractivity contribution >= 4 is 17.2 Å². The number of nitrogens with zero attached hydrogens (tertiary/aromatic N) is 2. The Morgan fingerprint density at radius 2 is 2.20 bits per heavy atom. The molecule has 2 N–H and O–H groups in total. The Bertz CT molecular complexity index is 488. The summed E-state index contributed by atoms with van der Waals surface area (Å²) in [5.41, 5.74) is 4.50. The summed E-state index contributed by atoms with van der Waals surface area (Å²) in [6, 6.07) is 4.18. The van der Waals surface area contributed by atoms with E-state index in [-0.39, 0.29) is 16.8 Å². The predicted molar refractivity (Wildman–Crippen MR) is 52.2 cm³/mol. The highest BCUT2D eigenvalue weighted by Gasteiger charge is 2.24. The number of carbonyl (C=O) groups excluding carboxylic acids is 1. The molecule has 0 unspecified atom stereocenters. The van der Waals surface area contributed by atoms with E-state index in [1.165, 1.54) is 19.1 Å². The van der Waals surface area contributed by atoms with Crippen LogP contribution in [-0.2, 0) is 0 Å². The molecule has 0 heterocycles. The number of hydrogen-bond acceptors (Lipinski definition) is 5. The highest BCUT2D eigenvalue weighted by atomic mass is 16.6. The number of nitro groups is 1. The molecular weight excluding hydrogens is 198 g/mol. The lowest BCUT2D eigenvalue weighted by Crippen LogP contribution is -2.05. The molecule has 0 aliphatic rings. The van der Waals surface area contributed by atoms with Crippen molar-refractivity contribution in [3.05, 3.63) is 33.4 Å². The van der Waals surface area contributed by atoms with Gasteiger partial charge in [-0.1, -0.05) is 0 Å². The Morgan fingerprint density at radius 3 is 2.60 bits per heavy atom. The van der Waals surface area contributed by atoms with Crippen molar-refractivity contribution in [3.8, 4) is 6.07 Å². The topological polar surface area (TPSA) is 110 Å². The predicted octanol–water partition coefficient (Wildman–Crippen LogP) is 1.25. The minimum Gasteiger partial charge on any atom is -0.397 e. The van der Waals surface area contributed by atoms with Gasteiger partial charge in [0, 0.05) is 0 Å². The Morgan fingerprint density at radius 1 is 1.60 bits per heavy atom. The van der Waals surface area contributed by atoms with Crippen LogP contribution in [0, 0.1) is 21.4 Å².